The van der Waals surface area contributed by atoms with Crippen molar-refractivity contribution in [3.8, 4) is 5.88 Å². The van der Waals surface area contributed by atoms with Crippen LogP contribution in [0, 0.1) is 0 Å². The van der Waals surface area contributed by atoms with E-state index in [0.717, 1.165) is 25.7 Å². The molecule has 1 aromatic carbocycles. The van der Waals surface area contributed by atoms with Gasteiger partial charge in [-0.2, -0.15) is 0 Å². The maximum Gasteiger partial charge on any atom is 0.359 e. The van der Waals surface area contributed by atoms with Crippen molar-refractivity contribution in [3.63, 3.8) is 0 Å². The number of carboxylic acids is 1. The van der Waals surface area contributed by atoms with Crippen LogP contribution in [0.4, 0.5) is 0 Å². The molecule has 1 heterocycles. The highest BCUT2D eigenvalue weighted by atomic mass is 16.5. The van der Waals surface area contributed by atoms with E-state index in [1.165, 1.54) is 5.56 Å². The predicted octanol–water partition coefficient (Wildman–Crippen LogP) is 1.71. The maximum atomic E-state index is 11.1. The average Bonchev–Trinajstić information content (AvgIpc) is 3.04. The molecule has 2 aromatic rings. The van der Waals surface area contributed by atoms with Gasteiger partial charge in [-0.15, -0.1) is 0 Å². The Labute approximate surface area is 138 Å². The predicted molar refractivity (Wildman–Crippen MR) is 83.9 cm³/mol. The van der Waals surface area contributed by atoms with Gasteiger partial charge < -0.3 is 15.6 Å². The number of carbonyl (C=O) groups excluding carboxylic acids is 1. The number of benzene rings is 1. The molecule has 126 valence electrons. The van der Waals surface area contributed by atoms with E-state index >= 15 is 0 Å². The van der Waals surface area contributed by atoms with Crippen molar-refractivity contribution >= 4 is 11.9 Å². The summed E-state index contributed by atoms with van der Waals surface area (Å²) in [5, 5.41) is 18.5. The molecule has 4 N–H and O–H groups in total. The fourth-order valence-corrected chi connectivity index (χ4v) is 3.03. The summed E-state index contributed by atoms with van der Waals surface area (Å²) in [7, 11) is 0. The smallest absolute Gasteiger partial charge is 0.359 e. The summed E-state index contributed by atoms with van der Waals surface area (Å²) in [6.07, 6.45) is 3.36. The number of carbonyl (C=O) groups is 2. The fourth-order valence-electron chi connectivity index (χ4n) is 3.03. The molecule has 24 heavy (non-hydrogen) atoms. The van der Waals surface area contributed by atoms with Gasteiger partial charge in [0.05, 0.1) is 0 Å². The van der Waals surface area contributed by atoms with E-state index in [1.807, 2.05) is 12.1 Å². The van der Waals surface area contributed by atoms with Crippen LogP contribution in [0.5, 0.6) is 5.88 Å². The lowest BCUT2D eigenvalue weighted by atomic mass is 9.82. The summed E-state index contributed by atoms with van der Waals surface area (Å²) in [4.78, 5) is 22.1. The first-order chi connectivity index (χ1) is 11.5. The van der Waals surface area contributed by atoms with Crippen molar-refractivity contribution in [1.82, 2.24) is 15.4 Å². The average molecular weight is 330 g/mol. The second kappa shape index (κ2) is 6.69. The van der Waals surface area contributed by atoms with E-state index in [0.29, 0.717) is 11.5 Å². The second-order valence-corrected chi connectivity index (χ2v) is 5.87. The van der Waals surface area contributed by atoms with Crippen molar-refractivity contribution in [1.29, 1.82) is 0 Å². The number of hydrogen-bond donors (Lipinski definition) is 3. The minimum absolute atomic E-state index is 0.0387. The van der Waals surface area contributed by atoms with Crippen molar-refractivity contribution in [3.05, 3.63) is 41.1 Å². The fraction of sp³-hybridized carbons (Fsp3) is 0.375. The highest BCUT2D eigenvalue weighted by molar-refractivity contribution is 5.92. The number of aromatic nitrogens is 3. The zero-order valence-corrected chi connectivity index (χ0v) is 12.9. The molecule has 0 bridgehead atoms. The SMILES string of the molecule is NC(=O)c1ccc(C2CCC(Oc3nn[nH]c3C(=O)O)CC2)cc1. The summed E-state index contributed by atoms with van der Waals surface area (Å²) < 4.78 is 5.68. The normalized spacial score (nSPS) is 20.5. The van der Waals surface area contributed by atoms with Crippen molar-refractivity contribution in [2.24, 2.45) is 5.73 Å². The summed E-state index contributed by atoms with van der Waals surface area (Å²) in [5.41, 5.74) is 6.80. The number of nitrogens with zero attached hydrogens (tertiary/aromatic N) is 2. The standard InChI is InChI=1S/C16H18N4O4/c17-14(21)11-3-1-9(2-4-11)10-5-7-12(8-6-10)24-15-13(16(22)23)18-20-19-15/h1-4,10,12H,5-8H2,(H2,17,21)(H,22,23)(H,18,19,20). The number of ether oxygens (including phenoxy) is 1. The first-order valence-electron chi connectivity index (χ1n) is 7.75. The number of H-pyrrole nitrogens is 1. The maximum absolute atomic E-state index is 11.1. The summed E-state index contributed by atoms with van der Waals surface area (Å²) in [5.74, 6) is -1.14. The lowest BCUT2D eigenvalue weighted by Crippen LogP contribution is -2.24. The van der Waals surface area contributed by atoms with Gasteiger partial charge in [-0.1, -0.05) is 22.4 Å². The third kappa shape index (κ3) is 3.37. The van der Waals surface area contributed by atoms with Gasteiger partial charge in [-0.05, 0) is 49.3 Å². The monoisotopic (exact) mass is 330 g/mol. The molecule has 1 aliphatic carbocycles. The van der Waals surface area contributed by atoms with Crippen LogP contribution < -0.4 is 10.5 Å². The van der Waals surface area contributed by atoms with E-state index in [9.17, 15) is 9.59 Å². The minimum atomic E-state index is -1.14. The zero-order chi connectivity index (χ0) is 17.1. The summed E-state index contributed by atoms with van der Waals surface area (Å²) >= 11 is 0. The topological polar surface area (TPSA) is 131 Å². The highest BCUT2D eigenvalue weighted by Gasteiger charge is 2.26. The first-order valence-corrected chi connectivity index (χ1v) is 7.75. The van der Waals surface area contributed by atoms with E-state index in [2.05, 4.69) is 15.4 Å². The Morgan fingerprint density at radius 2 is 1.83 bits per heavy atom. The Hall–Kier alpha value is -2.90. The van der Waals surface area contributed by atoms with Gasteiger partial charge in [0.25, 0.3) is 5.88 Å². The number of aromatic carboxylic acids is 1. The van der Waals surface area contributed by atoms with Gasteiger partial charge in [-0.3, -0.25) is 4.79 Å². The van der Waals surface area contributed by atoms with Gasteiger partial charge in [0, 0.05) is 5.56 Å². The van der Waals surface area contributed by atoms with Crippen LogP contribution in [0.3, 0.4) is 0 Å². The van der Waals surface area contributed by atoms with Crippen molar-refractivity contribution in [2.75, 3.05) is 0 Å². The van der Waals surface area contributed by atoms with E-state index in [4.69, 9.17) is 15.6 Å². The molecule has 3 rings (SSSR count). The molecular weight excluding hydrogens is 312 g/mol. The number of amides is 1. The minimum Gasteiger partial charge on any atom is -0.476 e. The third-order valence-corrected chi connectivity index (χ3v) is 4.35. The first kappa shape index (κ1) is 16.0. The molecule has 8 nitrogen and oxygen atoms in total. The van der Waals surface area contributed by atoms with Crippen LogP contribution in [-0.4, -0.2) is 38.5 Å². The number of aromatic amines is 1. The Morgan fingerprint density at radius 1 is 1.17 bits per heavy atom. The van der Waals surface area contributed by atoms with Gasteiger partial charge in [0.1, 0.15) is 6.10 Å². The molecule has 1 amide bonds. The van der Waals surface area contributed by atoms with Crippen molar-refractivity contribution in [2.45, 2.75) is 37.7 Å². The molecule has 0 atom stereocenters. The number of nitrogens with one attached hydrogen (secondary N) is 1. The number of rotatable bonds is 5. The molecule has 0 spiro atoms. The van der Waals surface area contributed by atoms with Crippen LogP contribution in [0.15, 0.2) is 24.3 Å². The van der Waals surface area contributed by atoms with Crippen LogP contribution >= 0.6 is 0 Å². The summed E-state index contributed by atoms with van der Waals surface area (Å²) in [6.45, 7) is 0. The number of carboxylic acid groups (broad SMARTS) is 1. The molecule has 1 aromatic heterocycles. The van der Waals surface area contributed by atoms with Crippen LogP contribution in [0.25, 0.3) is 0 Å². The van der Waals surface area contributed by atoms with Gasteiger partial charge in [0.2, 0.25) is 11.6 Å². The largest absolute Gasteiger partial charge is 0.476 e. The van der Waals surface area contributed by atoms with E-state index in [-0.39, 0.29) is 17.7 Å². The molecular formula is C16H18N4O4. The van der Waals surface area contributed by atoms with Crippen LogP contribution in [-0.2, 0) is 0 Å². The molecule has 8 heteroatoms. The quantitative estimate of drug-likeness (QED) is 0.764. The third-order valence-electron chi connectivity index (χ3n) is 4.35. The Kier molecular flexibility index (Phi) is 4.45. The van der Waals surface area contributed by atoms with E-state index in [1.54, 1.807) is 12.1 Å². The number of hydrogen-bond acceptors (Lipinski definition) is 5. The summed E-state index contributed by atoms with van der Waals surface area (Å²) in [6, 6.07) is 7.36. The Morgan fingerprint density at radius 3 is 2.42 bits per heavy atom. The zero-order valence-electron chi connectivity index (χ0n) is 12.9. The molecule has 1 saturated carbocycles. The Bertz CT molecular complexity index is 733. The second-order valence-electron chi connectivity index (χ2n) is 5.87. The molecule has 0 aliphatic heterocycles. The lowest BCUT2D eigenvalue weighted by Gasteiger charge is -2.28. The molecule has 1 fully saturated rings. The van der Waals surface area contributed by atoms with Crippen molar-refractivity contribution < 1.29 is 19.4 Å². The van der Waals surface area contributed by atoms with E-state index < -0.39 is 11.9 Å². The van der Waals surface area contributed by atoms with Gasteiger partial charge in [-0.25, -0.2) is 9.89 Å². The van der Waals surface area contributed by atoms with Crippen LogP contribution in [0.1, 0.15) is 58.0 Å². The van der Waals surface area contributed by atoms with Crippen LogP contribution in [0.2, 0.25) is 0 Å². The molecule has 1 aliphatic rings. The molecule has 0 saturated heterocycles. The Balaban J connectivity index is 1.58. The number of primary amides is 1. The number of nitrogens with two attached hydrogens (primary N) is 1. The molecule has 0 radical (unpaired) electrons. The highest BCUT2D eigenvalue weighted by Crippen LogP contribution is 2.34. The lowest BCUT2D eigenvalue weighted by molar-refractivity contribution is 0.0677. The molecule has 0 unspecified atom stereocenters. The van der Waals surface area contributed by atoms with Gasteiger partial charge in [0.15, 0.2) is 0 Å². The van der Waals surface area contributed by atoms with Gasteiger partial charge >= 0.3 is 5.97 Å².